The first kappa shape index (κ1) is 66.1. The van der Waals surface area contributed by atoms with Gasteiger partial charge in [0.2, 0.25) is 0 Å². The van der Waals surface area contributed by atoms with Crippen LogP contribution in [-0.4, -0.2) is 138 Å². The van der Waals surface area contributed by atoms with Crippen molar-refractivity contribution in [2.75, 3.05) is 39.4 Å². The van der Waals surface area contributed by atoms with Gasteiger partial charge in [-0.15, -0.1) is 0 Å². The summed E-state index contributed by atoms with van der Waals surface area (Å²) in [4.78, 5) is 54.1. The number of alkyl carbamates (subject to hydrolysis) is 2. The van der Waals surface area contributed by atoms with Gasteiger partial charge < -0.3 is 59.3 Å². The van der Waals surface area contributed by atoms with E-state index in [1.165, 1.54) is 5.56 Å². The van der Waals surface area contributed by atoms with Crippen LogP contribution in [0.3, 0.4) is 0 Å². The third-order valence-electron chi connectivity index (χ3n) is 16.0. The smallest absolute Gasteiger partial charge is 0.449 e. The SMILES string of the molecule is CC(C)CB(O)O.Cc1ccc(C[C@H](NC(=O)OC[C@H]2CCN(C(=O)C(C#N)=CC(C)(C)C)C2)B(O)O)cc1.Cc1ccc(C[C@H](NC(=O)OC[C@H]2CCN(C(=O)C(C#N)=CC(C)(C)C)C2)B2O[C@@H]3C[C@@H]4C[C@@H](C4(C)C)[C@]3(C)O2)cc1. The Kier molecular flexibility index (Phi) is 23.3. The number of carbonyl (C=O) groups excluding carboxylic acids is 4. The van der Waals surface area contributed by atoms with E-state index in [1.807, 2.05) is 92.6 Å². The molecule has 4 amide bonds. The van der Waals surface area contributed by atoms with Crippen LogP contribution in [0.15, 0.2) is 71.8 Å². The Labute approximate surface area is 482 Å². The molecule has 2 aromatic carbocycles. The number of amides is 4. The average Bonchev–Trinajstić information content (AvgIpc) is 3.24. The summed E-state index contributed by atoms with van der Waals surface area (Å²) in [6.07, 6.45) is 6.93. The number of nitrogens with one attached hydrogen (secondary N) is 2. The number of nitriles is 2. The van der Waals surface area contributed by atoms with Crippen molar-refractivity contribution in [2.45, 2.75) is 158 Å². The van der Waals surface area contributed by atoms with Crippen molar-refractivity contribution in [1.29, 1.82) is 10.5 Å². The lowest BCUT2D eigenvalue weighted by Gasteiger charge is -2.64. The minimum atomic E-state index is -1.73. The first-order valence-corrected chi connectivity index (χ1v) is 28.7. The third kappa shape index (κ3) is 19.5. The molecular weight excluding hydrogens is 1030 g/mol. The topological polar surface area (TPSA) is 264 Å². The van der Waals surface area contributed by atoms with E-state index < -0.39 is 45.4 Å². The molecular formula is C60H89B3N6O12. The second-order valence-corrected chi connectivity index (χ2v) is 26.3. The average molecular weight is 1120 g/mol. The lowest BCUT2D eigenvalue weighted by Crippen LogP contribution is -2.65. The Morgan fingerprint density at radius 3 is 1.60 bits per heavy atom. The highest BCUT2D eigenvalue weighted by molar-refractivity contribution is 6.48. The van der Waals surface area contributed by atoms with Gasteiger partial charge in [-0.3, -0.25) is 9.59 Å². The number of likely N-dealkylation sites (tertiary alicyclic amines) is 2. The molecule has 6 fully saturated rings. The number of hydrogen-bond donors (Lipinski definition) is 6. The van der Waals surface area contributed by atoms with Gasteiger partial charge in [0.25, 0.3) is 11.8 Å². The second-order valence-electron chi connectivity index (χ2n) is 26.3. The van der Waals surface area contributed by atoms with Gasteiger partial charge in [0, 0.05) is 38.0 Å². The summed E-state index contributed by atoms with van der Waals surface area (Å²) < 4.78 is 24.2. The normalized spacial score (nSPS) is 23.7. The zero-order chi connectivity index (χ0) is 60.2. The summed E-state index contributed by atoms with van der Waals surface area (Å²) in [5, 5.41) is 60.2. The standard InChI is InChI=1S/C33H46BN3O5.C23H32BN3O5.C4H11BO2/c1-21-8-10-22(11-9-21)14-28(34-41-27-16-25-15-26(32(25,5)6)33(27,7)42-34)36-30(39)40-20-23-12-13-37(19-23)29(38)24(18-35)17-31(2,3)4;1-16-5-7-17(8-6-16)11-20(24(30)31)26-22(29)32-15-18-9-10-27(14-18)21(28)19(13-25)12-23(2,3)4;1-4(2)3-5(6)7/h8-11,17,23,25-28H,12-16,19-20H2,1-7H3,(H,36,39);5-8,12,18,20,30-31H,9-11,14-15H2,1-4H3,(H,26,29);4,6-7H,3H2,1-2H3/t23-,25-,26-,27+,28-,33-;18-,20-;/m00./s1. The predicted octanol–water partition coefficient (Wildman–Crippen LogP) is 7.35. The molecule has 18 nitrogen and oxygen atoms in total. The molecule has 2 bridgehead atoms. The largest absolute Gasteiger partial charge is 0.482 e. The van der Waals surface area contributed by atoms with E-state index in [0.29, 0.717) is 69.5 Å². The Hall–Kier alpha value is -5.67. The summed E-state index contributed by atoms with van der Waals surface area (Å²) in [6, 6.07) is 19.9. The third-order valence-corrected chi connectivity index (χ3v) is 16.0. The van der Waals surface area contributed by atoms with E-state index in [2.05, 4.69) is 68.7 Å². The van der Waals surface area contributed by atoms with E-state index in [9.17, 15) is 39.7 Å². The van der Waals surface area contributed by atoms with Crippen LogP contribution in [0.25, 0.3) is 0 Å². The van der Waals surface area contributed by atoms with Crippen molar-refractivity contribution in [1.82, 2.24) is 20.4 Å². The first-order chi connectivity index (χ1) is 37.8. The van der Waals surface area contributed by atoms with Crippen LogP contribution in [0, 0.1) is 82.3 Å². The number of allylic oxidation sites excluding steroid dienone is 2. The number of nitrogens with zero attached hydrogens (tertiary/aromatic N) is 4. The summed E-state index contributed by atoms with van der Waals surface area (Å²) in [7, 11) is -3.43. The molecule has 0 unspecified atom stereocenters. The van der Waals surface area contributed by atoms with Gasteiger partial charge >= 0.3 is 33.5 Å². The monoisotopic (exact) mass is 1120 g/mol. The zero-order valence-electron chi connectivity index (χ0n) is 50.2. The predicted molar refractivity (Wildman–Crippen MR) is 312 cm³/mol. The van der Waals surface area contributed by atoms with Crippen LogP contribution in [0.5, 0.6) is 0 Å². The van der Waals surface area contributed by atoms with E-state index in [1.54, 1.807) is 22.0 Å². The maximum atomic E-state index is 13.1. The van der Waals surface area contributed by atoms with E-state index in [0.717, 1.165) is 29.5 Å². The van der Waals surface area contributed by atoms with Crippen molar-refractivity contribution in [3.05, 3.63) is 94.1 Å². The van der Waals surface area contributed by atoms with Crippen LogP contribution >= 0.6 is 0 Å². The van der Waals surface area contributed by atoms with Gasteiger partial charge in [-0.2, -0.15) is 10.5 Å². The zero-order valence-corrected chi connectivity index (χ0v) is 50.2. The maximum absolute atomic E-state index is 13.1. The van der Waals surface area contributed by atoms with Crippen LogP contribution in [-0.2, 0) is 41.2 Å². The molecule has 6 aliphatic rings. The molecule has 0 spiro atoms. The number of ether oxygens (including phenoxy) is 2. The molecule has 3 saturated heterocycles. The molecule has 21 heteroatoms. The minimum Gasteiger partial charge on any atom is -0.449 e. The summed E-state index contributed by atoms with van der Waals surface area (Å²) in [5.74, 6) is -0.479. The second kappa shape index (κ2) is 28.5. The summed E-state index contributed by atoms with van der Waals surface area (Å²) in [6.45, 7) is 28.6. The summed E-state index contributed by atoms with van der Waals surface area (Å²) >= 11 is 0. The van der Waals surface area contributed by atoms with E-state index >= 15 is 0 Å². The lowest BCUT2D eigenvalue weighted by atomic mass is 9.43. The van der Waals surface area contributed by atoms with Crippen molar-refractivity contribution >= 4 is 45.4 Å². The van der Waals surface area contributed by atoms with E-state index in [-0.39, 0.29) is 82.4 Å². The molecule has 440 valence electrons. The van der Waals surface area contributed by atoms with E-state index in [4.69, 9.17) is 28.8 Å². The molecule has 0 radical (unpaired) electrons. The van der Waals surface area contributed by atoms with Gasteiger partial charge in [-0.25, -0.2) is 9.59 Å². The number of hydrogen-bond acceptors (Lipinski definition) is 14. The Bertz CT molecular complexity index is 2600. The quantitative estimate of drug-likeness (QED) is 0.0546. The fourth-order valence-corrected chi connectivity index (χ4v) is 11.5. The minimum absolute atomic E-state index is 0.0135. The number of rotatable bonds is 16. The van der Waals surface area contributed by atoms with Gasteiger partial charge in [-0.1, -0.05) is 141 Å². The fraction of sp³-hybridized carbons (Fsp3) is 0.633. The Balaban J connectivity index is 0.000000274. The number of benzene rings is 2. The Morgan fingerprint density at radius 2 is 1.21 bits per heavy atom. The number of carbonyl (C=O) groups is 4. The molecule has 8 atom stereocenters. The van der Waals surface area contributed by atoms with Crippen molar-refractivity contribution in [2.24, 2.45) is 45.8 Å². The molecule has 81 heavy (non-hydrogen) atoms. The molecule has 6 N–H and O–H groups in total. The lowest BCUT2D eigenvalue weighted by molar-refractivity contribution is -0.199. The van der Waals surface area contributed by atoms with Crippen LogP contribution in [0.1, 0.15) is 124 Å². The summed E-state index contributed by atoms with van der Waals surface area (Å²) in [5.41, 5.74) is 3.79. The van der Waals surface area contributed by atoms with Gasteiger partial charge in [0.15, 0.2) is 0 Å². The van der Waals surface area contributed by atoms with Crippen LogP contribution < -0.4 is 10.6 Å². The molecule has 3 aliphatic carbocycles. The first-order valence-electron chi connectivity index (χ1n) is 28.7. The molecule has 8 rings (SSSR count). The molecule has 0 aromatic heterocycles. The Morgan fingerprint density at radius 1 is 0.753 bits per heavy atom. The highest BCUT2D eigenvalue weighted by Crippen LogP contribution is 2.65. The van der Waals surface area contributed by atoms with Crippen LogP contribution in [0.4, 0.5) is 9.59 Å². The molecule has 3 saturated carbocycles. The van der Waals surface area contributed by atoms with Crippen LogP contribution in [0.2, 0.25) is 6.32 Å². The van der Waals surface area contributed by atoms with Crippen molar-refractivity contribution in [3.8, 4) is 12.1 Å². The molecule has 3 heterocycles. The van der Waals surface area contributed by atoms with Gasteiger partial charge in [-0.05, 0) is 111 Å². The van der Waals surface area contributed by atoms with Gasteiger partial charge in [0.1, 0.15) is 23.3 Å². The molecule has 2 aromatic rings. The highest BCUT2D eigenvalue weighted by Gasteiger charge is 2.68. The molecule has 3 aliphatic heterocycles. The maximum Gasteiger partial charge on any atom is 0.482 e. The number of aryl methyl sites for hydroxylation is 2. The van der Waals surface area contributed by atoms with Crippen molar-refractivity contribution in [3.63, 3.8) is 0 Å². The highest BCUT2D eigenvalue weighted by atomic mass is 16.7. The van der Waals surface area contributed by atoms with Crippen molar-refractivity contribution < 1.29 is 58.1 Å². The van der Waals surface area contributed by atoms with Gasteiger partial charge in [0.05, 0.1) is 36.8 Å². The fourth-order valence-electron chi connectivity index (χ4n) is 11.5.